The average Bonchev–Trinajstić information content (AvgIpc) is 2.62. The Balaban J connectivity index is 2.06. The first-order valence-electron chi connectivity index (χ1n) is 7.13. The zero-order chi connectivity index (χ0) is 15.2. The van der Waals surface area contributed by atoms with Gasteiger partial charge in [-0.05, 0) is 0 Å². The summed E-state index contributed by atoms with van der Waals surface area (Å²) < 4.78 is 0.892. The molecule has 3 aromatic carbocycles. The Bertz CT molecular complexity index is 736. The topological polar surface area (TPSA) is 12.4 Å². The molecule has 0 unspecified atom stereocenters. The van der Waals surface area contributed by atoms with Crippen molar-refractivity contribution in [3.63, 3.8) is 0 Å². The van der Waals surface area contributed by atoms with Crippen LogP contribution in [0.1, 0.15) is 16.7 Å². The summed E-state index contributed by atoms with van der Waals surface area (Å²) in [6.07, 6.45) is 0. The van der Waals surface area contributed by atoms with Crippen molar-refractivity contribution in [2.24, 2.45) is 4.99 Å². The zero-order valence-corrected chi connectivity index (χ0v) is 13.3. The molecular weight excluding hydrogens is 306 g/mol. The van der Waals surface area contributed by atoms with Crippen LogP contribution in [0.3, 0.4) is 0 Å². The fraction of sp³-hybridized carbons (Fsp3) is 0. The van der Waals surface area contributed by atoms with Crippen molar-refractivity contribution < 1.29 is 15.9 Å². The number of nitrogens with zero attached hydrogens (tertiary/aromatic N) is 1. The van der Waals surface area contributed by atoms with Gasteiger partial charge in [0.05, 0.1) is 0 Å². The molecule has 0 saturated carbocycles. The Morgan fingerprint density at radius 2 is 0.909 bits per heavy atom. The van der Waals surface area contributed by atoms with Crippen molar-refractivity contribution in [3.8, 4) is 0 Å². The first-order chi connectivity index (χ1) is 10.8. The zero-order valence-electron chi connectivity index (χ0n) is 12.0. The first-order valence-corrected chi connectivity index (χ1v) is 7.77. The SMILES string of the molecule is [Cr]=[C](N=C(c1ccccc1)c1ccccc1)c1ccccc1. The molecule has 1 nitrogen and oxygen atoms in total. The third-order valence-corrected chi connectivity index (χ3v) is 3.84. The van der Waals surface area contributed by atoms with Crippen molar-refractivity contribution in [2.45, 2.75) is 0 Å². The van der Waals surface area contributed by atoms with Gasteiger partial charge >= 0.3 is 139 Å². The van der Waals surface area contributed by atoms with Crippen LogP contribution < -0.4 is 0 Å². The number of hydrogen-bond donors (Lipinski definition) is 0. The van der Waals surface area contributed by atoms with Gasteiger partial charge in [0.15, 0.2) is 0 Å². The third-order valence-electron chi connectivity index (χ3n) is 3.33. The minimum absolute atomic E-state index is 0.892. The van der Waals surface area contributed by atoms with E-state index in [-0.39, 0.29) is 0 Å². The molecular formula is C20H15CrN. The first kappa shape index (κ1) is 14.7. The van der Waals surface area contributed by atoms with E-state index in [1.54, 1.807) is 0 Å². The van der Waals surface area contributed by atoms with Crippen LogP contribution in [0.4, 0.5) is 0 Å². The van der Waals surface area contributed by atoms with E-state index in [1.807, 2.05) is 54.6 Å². The summed E-state index contributed by atoms with van der Waals surface area (Å²) in [5.74, 6) is 0. The van der Waals surface area contributed by atoms with Crippen molar-refractivity contribution in [3.05, 3.63) is 108 Å². The Hall–Kier alpha value is -2.27. The Morgan fingerprint density at radius 3 is 1.32 bits per heavy atom. The molecule has 0 aliphatic rings. The second-order valence-corrected chi connectivity index (χ2v) is 5.47. The fourth-order valence-corrected chi connectivity index (χ4v) is 2.59. The molecule has 0 aliphatic heterocycles. The van der Waals surface area contributed by atoms with Crippen LogP contribution in [-0.2, 0) is 15.9 Å². The molecule has 0 radical (unpaired) electrons. The van der Waals surface area contributed by atoms with Gasteiger partial charge in [0.25, 0.3) is 0 Å². The van der Waals surface area contributed by atoms with E-state index in [2.05, 4.69) is 52.2 Å². The van der Waals surface area contributed by atoms with Gasteiger partial charge in [-0.1, -0.05) is 0 Å². The molecule has 2 heteroatoms. The fourth-order valence-electron chi connectivity index (χ4n) is 2.23. The van der Waals surface area contributed by atoms with Gasteiger partial charge in [0, 0.05) is 0 Å². The van der Waals surface area contributed by atoms with Gasteiger partial charge in [-0.15, -0.1) is 0 Å². The molecule has 3 rings (SSSR count). The van der Waals surface area contributed by atoms with E-state index < -0.39 is 0 Å². The molecule has 0 atom stereocenters. The number of rotatable bonds is 4. The maximum atomic E-state index is 4.86. The van der Waals surface area contributed by atoms with Crippen LogP contribution in [0.2, 0.25) is 0 Å². The van der Waals surface area contributed by atoms with Crippen LogP contribution in [-0.4, -0.2) is 10.2 Å². The molecule has 106 valence electrons. The second kappa shape index (κ2) is 7.13. The van der Waals surface area contributed by atoms with Crippen LogP contribution in [0.15, 0.2) is 96.0 Å². The van der Waals surface area contributed by atoms with Gasteiger partial charge in [-0.3, -0.25) is 0 Å². The van der Waals surface area contributed by atoms with Crippen LogP contribution >= 0.6 is 0 Å². The van der Waals surface area contributed by atoms with E-state index in [9.17, 15) is 0 Å². The van der Waals surface area contributed by atoms with E-state index in [0.29, 0.717) is 0 Å². The summed E-state index contributed by atoms with van der Waals surface area (Å²) >= 11 is 3.09. The summed E-state index contributed by atoms with van der Waals surface area (Å²) in [6, 6.07) is 30.7. The quantitative estimate of drug-likeness (QED) is 0.637. The van der Waals surface area contributed by atoms with E-state index in [0.717, 1.165) is 26.9 Å². The predicted octanol–water partition coefficient (Wildman–Crippen LogP) is 4.25. The number of hydrogen-bond acceptors (Lipinski definition) is 1. The Morgan fingerprint density at radius 1 is 0.545 bits per heavy atom. The van der Waals surface area contributed by atoms with Gasteiger partial charge in [-0.25, -0.2) is 0 Å². The standard InChI is InChI=1S/C20H15N.Cr/c1-4-10-17(11-5-1)16-21-20(18-12-6-2-7-13-18)19-14-8-3-9-15-19;/h1-15H;. The van der Waals surface area contributed by atoms with E-state index in [4.69, 9.17) is 4.99 Å². The molecule has 0 aliphatic carbocycles. The van der Waals surface area contributed by atoms with Crippen LogP contribution in [0, 0.1) is 0 Å². The Labute approximate surface area is 138 Å². The van der Waals surface area contributed by atoms with Crippen molar-refractivity contribution in [2.75, 3.05) is 0 Å². The second-order valence-electron chi connectivity index (χ2n) is 4.86. The molecule has 0 saturated heterocycles. The molecule has 0 spiro atoms. The summed E-state index contributed by atoms with van der Waals surface area (Å²) in [5.41, 5.74) is 4.28. The van der Waals surface area contributed by atoms with Gasteiger partial charge in [0.2, 0.25) is 0 Å². The average molecular weight is 321 g/mol. The molecule has 0 bridgehead atoms. The molecule has 3 aromatic rings. The molecule has 0 fully saturated rings. The maximum absolute atomic E-state index is 4.86. The Kier molecular flexibility index (Phi) is 4.75. The van der Waals surface area contributed by atoms with Gasteiger partial charge in [0.1, 0.15) is 0 Å². The van der Waals surface area contributed by atoms with Crippen molar-refractivity contribution in [1.82, 2.24) is 0 Å². The van der Waals surface area contributed by atoms with Crippen LogP contribution in [0.25, 0.3) is 0 Å². The normalized spacial score (nSPS) is 10.0. The third kappa shape index (κ3) is 3.49. The predicted molar refractivity (Wildman–Crippen MR) is 89.1 cm³/mol. The van der Waals surface area contributed by atoms with E-state index >= 15 is 0 Å². The molecule has 22 heavy (non-hydrogen) atoms. The summed E-state index contributed by atoms with van der Waals surface area (Å²) in [4.78, 5) is 4.86. The van der Waals surface area contributed by atoms with Crippen LogP contribution in [0.5, 0.6) is 0 Å². The summed E-state index contributed by atoms with van der Waals surface area (Å²) in [5, 5.41) is 0. The molecule has 0 aromatic heterocycles. The number of benzene rings is 3. The minimum atomic E-state index is 0.892. The number of aliphatic imine (C=N–C) groups is 1. The van der Waals surface area contributed by atoms with Crippen molar-refractivity contribution in [1.29, 1.82) is 0 Å². The van der Waals surface area contributed by atoms with Gasteiger partial charge < -0.3 is 0 Å². The molecule has 0 amide bonds. The molecule has 0 N–H and O–H groups in total. The van der Waals surface area contributed by atoms with Crippen molar-refractivity contribution >= 4 is 10.2 Å². The monoisotopic (exact) mass is 321 g/mol. The summed E-state index contributed by atoms with van der Waals surface area (Å²) in [7, 11) is 0. The molecule has 0 heterocycles. The van der Waals surface area contributed by atoms with E-state index in [1.165, 1.54) is 0 Å². The summed E-state index contributed by atoms with van der Waals surface area (Å²) in [6.45, 7) is 0. The van der Waals surface area contributed by atoms with Gasteiger partial charge in [-0.2, -0.15) is 0 Å².